The molecule has 1 N–H and O–H groups in total. The van der Waals surface area contributed by atoms with Crippen molar-refractivity contribution >= 4 is 0 Å². The van der Waals surface area contributed by atoms with E-state index in [0.29, 0.717) is 12.0 Å². The van der Waals surface area contributed by atoms with Gasteiger partial charge in [0.05, 0.1) is 5.69 Å². The molecule has 0 bridgehead atoms. The average molecular weight is 311 g/mol. The molecular formula is C20H29N3. The molecule has 2 aromatic rings. The summed E-state index contributed by atoms with van der Waals surface area (Å²) in [7, 11) is 0. The van der Waals surface area contributed by atoms with Crippen LogP contribution in [-0.2, 0) is 12.8 Å². The Morgan fingerprint density at radius 2 is 1.96 bits per heavy atom. The normalized spacial score (nSPS) is 18.9. The van der Waals surface area contributed by atoms with Crippen molar-refractivity contribution in [1.82, 2.24) is 14.9 Å². The Labute approximate surface area is 140 Å². The Morgan fingerprint density at radius 3 is 2.65 bits per heavy atom. The van der Waals surface area contributed by atoms with Crippen molar-refractivity contribution in [2.45, 2.75) is 58.4 Å². The third-order valence-electron chi connectivity index (χ3n) is 5.34. The third kappa shape index (κ3) is 3.50. The van der Waals surface area contributed by atoms with Crippen molar-refractivity contribution in [2.24, 2.45) is 0 Å². The highest BCUT2D eigenvalue weighted by atomic mass is 15.1. The topological polar surface area (TPSA) is 31.9 Å². The van der Waals surface area contributed by atoms with Gasteiger partial charge in [-0.1, -0.05) is 44.2 Å². The highest BCUT2D eigenvalue weighted by Gasteiger charge is 2.30. The fourth-order valence-electron chi connectivity index (χ4n) is 4.01. The van der Waals surface area contributed by atoms with E-state index in [0.717, 1.165) is 31.8 Å². The molecule has 124 valence electrons. The van der Waals surface area contributed by atoms with E-state index in [1.807, 2.05) is 0 Å². The van der Waals surface area contributed by atoms with Crippen LogP contribution in [0.15, 0.2) is 30.3 Å². The van der Waals surface area contributed by atoms with Gasteiger partial charge in [-0.15, -0.1) is 0 Å². The molecule has 0 fully saturated rings. The molecule has 1 aliphatic carbocycles. The molecule has 0 spiro atoms. The van der Waals surface area contributed by atoms with Crippen LogP contribution in [0.3, 0.4) is 0 Å². The van der Waals surface area contributed by atoms with E-state index < -0.39 is 0 Å². The average Bonchev–Trinajstić information content (AvgIpc) is 2.99. The van der Waals surface area contributed by atoms with Gasteiger partial charge in [0.15, 0.2) is 0 Å². The fourth-order valence-corrected chi connectivity index (χ4v) is 4.01. The smallest absolute Gasteiger partial charge is 0.111 e. The minimum Gasteiger partial charge on any atom is -0.345 e. The zero-order valence-electron chi connectivity index (χ0n) is 14.7. The molecule has 2 atom stereocenters. The van der Waals surface area contributed by atoms with Crippen LogP contribution < -0.4 is 0 Å². The lowest BCUT2D eigenvalue weighted by molar-refractivity contribution is 0.190. The maximum Gasteiger partial charge on any atom is 0.111 e. The summed E-state index contributed by atoms with van der Waals surface area (Å²) >= 11 is 0. The molecule has 23 heavy (non-hydrogen) atoms. The predicted octanol–water partition coefficient (Wildman–Crippen LogP) is 4.15. The van der Waals surface area contributed by atoms with Crippen LogP contribution in [0.1, 0.15) is 62.3 Å². The molecular weight excluding hydrogens is 282 g/mol. The van der Waals surface area contributed by atoms with Crippen LogP contribution in [0, 0.1) is 0 Å². The molecule has 3 heteroatoms. The summed E-state index contributed by atoms with van der Waals surface area (Å²) in [6, 6.07) is 11.2. The van der Waals surface area contributed by atoms with Gasteiger partial charge in [-0.05, 0) is 44.8 Å². The number of nitrogens with zero attached hydrogens (tertiary/aromatic N) is 2. The summed E-state index contributed by atoms with van der Waals surface area (Å²) in [6.07, 6.45) is 4.59. The molecule has 2 unspecified atom stereocenters. The lowest BCUT2D eigenvalue weighted by atomic mass is 9.84. The maximum absolute atomic E-state index is 5.02. The number of aromatic nitrogens is 2. The first-order valence-electron chi connectivity index (χ1n) is 9.08. The summed E-state index contributed by atoms with van der Waals surface area (Å²) in [5.74, 6) is 1.69. The Morgan fingerprint density at radius 1 is 1.22 bits per heavy atom. The first kappa shape index (κ1) is 16.3. The van der Waals surface area contributed by atoms with Crippen molar-refractivity contribution < 1.29 is 0 Å². The summed E-state index contributed by atoms with van der Waals surface area (Å²) in [5, 5.41) is 0. The summed E-state index contributed by atoms with van der Waals surface area (Å²) in [4.78, 5) is 11.2. The van der Waals surface area contributed by atoms with Gasteiger partial charge in [0, 0.05) is 24.1 Å². The minimum atomic E-state index is 0.567. The van der Waals surface area contributed by atoms with E-state index in [4.69, 9.17) is 4.98 Å². The quantitative estimate of drug-likeness (QED) is 0.869. The van der Waals surface area contributed by atoms with E-state index in [-0.39, 0.29) is 0 Å². The number of H-pyrrole nitrogens is 1. The van der Waals surface area contributed by atoms with Crippen LogP contribution in [0.4, 0.5) is 0 Å². The Balaban J connectivity index is 1.82. The van der Waals surface area contributed by atoms with Crippen molar-refractivity contribution in [3.05, 3.63) is 53.1 Å². The number of fused-ring (bicyclic) bond motifs is 1. The lowest BCUT2D eigenvalue weighted by Gasteiger charge is -2.34. The molecule has 0 radical (unpaired) electrons. The Bertz CT molecular complexity index is 613. The molecule has 1 heterocycles. The third-order valence-corrected chi connectivity index (χ3v) is 5.34. The van der Waals surface area contributed by atoms with Gasteiger partial charge in [0.1, 0.15) is 5.82 Å². The first-order chi connectivity index (χ1) is 11.2. The number of likely N-dealkylation sites (N-methyl/N-ethyl adjacent to an activating group) is 1. The second-order valence-electron chi connectivity index (χ2n) is 6.67. The van der Waals surface area contributed by atoms with Gasteiger partial charge in [0.25, 0.3) is 0 Å². The molecule has 3 rings (SSSR count). The molecule has 1 aromatic heterocycles. The van der Waals surface area contributed by atoms with Crippen molar-refractivity contribution in [3.8, 4) is 0 Å². The number of hydrogen-bond donors (Lipinski definition) is 1. The second kappa shape index (κ2) is 7.31. The Kier molecular flexibility index (Phi) is 5.16. The van der Waals surface area contributed by atoms with Crippen LogP contribution in [0.2, 0.25) is 0 Å². The van der Waals surface area contributed by atoms with Crippen LogP contribution in [-0.4, -0.2) is 34.0 Å². The van der Waals surface area contributed by atoms with Crippen LogP contribution in [0.25, 0.3) is 0 Å². The number of imidazole rings is 1. The first-order valence-corrected chi connectivity index (χ1v) is 9.08. The van der Waals surface area contributed by atoms with Crippen molar-refractivity contribution in [2.75, 3.05) is 13.1 Å². The van der Waals surface area contributed by atoms with Gasteiger partial charge in [-0.3, -0.25) is 0 Å². The van der Waals surface area contributed by atoms with E-state index in [1.165, 1.54) is 29.8 Å². The number of aromatic amines is 1. The van der Waals surface area contributed by atoms with Crippen LogP contribution >= 0.6 is 0 Å². The Hall–Kier alpha value is -1.61. The standard InChI is InChI=1S/C20H29N3/c1-4-23(5-2)15(3)17-12-9-13-18-20(17)22-19(21-18)14-16-10-7-6-8-11-16/h6-8,10-11,15,17H,4-5,9,12-14H2,1-3H3,(H,21,22). The van der Waals surface area contributed by atoms with Gasteiger partial charge in [0.2, 0.25) is 0 Å². The fraction of sp³-hybridized carbons (Fsp3) is 0.550. The second-order valence-corrected chi connectivity index (χ2v) is 6.67. The number of nitrogens with one attached hydrogen (secondary N) is 1. The number of rotatable bonds is 6. The number of hydrogen-bond acceptors (Lipinski definition) is 2. The van der Waals surface area contributed by atoms with Crippen LogP contribution in [0.5, 0.6) is 0 Å². The van der Waals surface area contributed by atoms with E-state index in [1.54, 1.807) is 0 Å². The lowest BCUT2D eigenvalue weighted by Crippen LogP contribution is -2.38. The zero-order chi connectivity index (χ0) is 16.2. The van der Waals surface area contributed by atoms with E-state index in [2.05, 4.69) is 61.0 Å². The molecule has 1 aromatic carbocycles. The minimum absolute atomic E-state index is 0.567. The van der Waals surface area contributed by atoms with E-state index in [9.17, 15) is 0 Å². The SMILES string of the molecule is CCN(CC)C(C)C1CCCc2[nH]c(Cc3ccccc3)nc21. The largest absolute Gasteiger partial charge is 0.345 e. The summed E-state index contributed by atoms with van der Waals surface area (Å²) in [6.45, 7) is 9.12. The van der Waals surface area contributed by atoms with Gasteiger partial charge < -0.3 is 9.88 Å². The van der Waals surface area contributed by atoms with Crippen molar-refractivity contribution in [3.63, 3.8) is 0 Å². The monoisotopic (exact) mass is 311 g/mol. The molecule has 0 aliphatic heterocycles. The van der Waals surface area contributed by atoms with Crippen molar-refractivity contribution in [1.29, 1.82) is 0 Å². The molecule has 0 saturated heterocycles. The van der Waals surface area contributed by atoms with Gasteiger partial charge >= 0.3 is 0 Å². The predicted molar refractivity (Wildman–Crippen MR) is 95.9 cm³/mol. The maximum atomic E-state index is 5.02. The molecule has 3 nitrogen and oxygen atoms in total. The van der Waals surface area contributed by atoms with Gasteiger partial charge in [-0.2, -0.15) is 0 Å². The highest BCUT2D eigenvalue weighted by Crippen LogP contribution is 2.34. The van der Waals surface area contributed by atoms with Gasteiger partial charge in [-0.25, -0.2) is 4.98 Å². The molecule has 0 amide bonds. The number of benzene rings is 1. The summed E-state index contributed by atoms with van der Waals surface area (Å²) in [5.41, 5.74) is 4.04. The zero-order valence-corrected chi connectivity index (χ0v) is 14.7. The van der Waals surface area contributed by atoms with E-state index >= 15 is 0 Å². The molecule has 0 saturated carbocycles. The summed E-state index contributed by atoms with van der Waals surface area (Å²) < 4.78 is 0. The number of aryl methyl sites for hydroxylation is 1. The molecule has 1 aliphatic rings. The highest BCUT2D eigenvalue weighted by molar-refractivity contribution is 5.27.